The van der Waals surface area contributed by atoms with E-state index >= 15 is 0 Å². The van der Waals surface area contributed by atoms with Crippen LogP contribution in [0.15, 0.2) is 48.5 Å². The van der Waals surface area contributed by atoms with E-state index in [0.29, 0.717) is 18.2 Å². The van der Waals surface area contributed by atoms with Gasteiger partial charge in [-0.3, -0.25) is 0 Å². The molecular formula is C14H13ClO2. The number of halogens is 1. The van der Waals surface area contributed by atoms with Crippen LogP contribution in [0.1, 0.15) is 11.1 Å². The molecule has 0 saturated carbocycles. The molecule has 0 aromatic heterocycles. The Hall–Kier alpha value is -1.67. The van der Waals surface area contributed by atoms with E-state index in [0.717, 1.165) is 11.1 Å². The van der Waals surface area contributed by atoms with E-state index in [4.69, 9.17) is 16.3 Å². The lowest BCUT2D eigenvalue weighted by atomic mass is 10.2. The summed E-state index contributed by atoms with van der Waals surface area (Å²) in [7, 11) is 0. The van der Waals surface area contributed by atoms with Crippen molar-refractivity contribution in [3.8, 4) is 11.5 Å². The minimum absolute atomic E-state index is 0.172. The monoisotopic (exact) mass is 248 g/mol. The quantitative estimate of drug-likeness (QED) is 0.836. The van der Waals surface area contributed by atoms with Crippen molar-refractivity contribution in [1.29, 1.82) is 0 Å². The molecule has 2 rings (SSSR count). The molecule has 0 radical (unpaired) electrons. The predicted octanol–water partition coefficient (Wildman–Crippen LogP) is 3.71. The van der Waals surface area contributed by atoms with Crippen molar-refractivity contribution in [1.82, 2.24) is 0 Å². The molecule has 2 aromatic carbocycles. The fourth-order valence-corrected chi connectivity index (χ4v) is 1.70. The van der Waals surface area contributed by atoms with Crippen LogP contribution in [-0.2, 0) is 12.5 Å². The standard InChI is InChI=1S/C14H13ClO2/c15-9-12-6-13(16)8-14(7-12)17-10-11-4-2-1-3-5-11/h1-8,16H,9-10H2. The molecule has 0 fully saturated rings. The summed E-state index contributed by atoms with van der Waals surface area (Å²) in [5.41, 5.74) is 1.93. The second-order valence-electron chi connectivity index (χ2n) is 3.74. The third-order valence-corrected chi connectivity index (χ3v) is 2.66. The maximum absolute atomic E-state index is 9.48. The Bertz CT molecular complexity index is 483. The molecule has 0 saturated heterocycles. The first-order valence-electron chi connectivity index (χ1n) is 5.33. The molecule has 0 amide bonds. The number of benzene rings is 2. The topological polar surface area (TPSA) is 29.5 Å². The molecule has 0 heterocycles. The summed E-state index contributed by atoms with van der Waals surface area (Å²) in [6.45, 7) is 0.478. The summed E-state index contributed by atoms with van der Waals surface area (Å²) in [5.74, 6) is 1.16. The van der Waals surface area contributed by atoms with Crippen molar-refractivity contribution in [2.24, 2.45) is 0 Å². The van der Waals surface area contributed by atoms with Crippen LogP contribution in [0.4, 0.5) is 0 Å². The van der Waals surface area contributed by atoms with Crippen LogP contribution in [0, 0.1) is 0 Å². The molecular weight excluding hydrogens is 236 g/mol. The largest absolute Gasteiger partial charge is 0.508 e. The molecule has 1 N–H and O–H groups in total. The number of rotatable bonds is 4. The Balaban J connectivity index is 2.06. The van der Waals surface area contributed by atoms with Crippen molar-refractivity contribution in [3.05, 3.63) is 59.7 Å². The van der Waals surface area contributed by atoms with Crippen LogP contribution in [0.2, 0.25) is 0 Å². The minimum atomic E-state index is 0.172. The normalized spacial score (nSPS) is 10.2. The van der Waals surface area contributed by atoms with Gasteiger partial charge in [0.15, 0.2) is 0 Å². The van der Waals surface area contributed by atoms with Gasteiger partial charge in [-0.2, -0.15) is 0 Å². The van der Waals surface area contributed by atoms with Gasteiger partial charge in [-0.25, -0.2) is 0 Å². The lowest BCUT2D eigenvalue weighted by Crippen LogP contribution is -1.95. The Morgan fingerprint density at radius 1 is 1.00 bits per heavy atom. The predicted molar refractivity (Wildman–Crippen MR) is 68.4 cm³/mol. The second-order valence-corrected chi connectivity index (χ2v) is 4.01. The summed E-state index contributed by atoms with van der Waals surface area (Å²) >= 11 is 5.72. The number of aromatic hydroxyl groups is 1. The van der Waals surface area contributed by atoms with Crippen molar-refractivity contribution < 1.29 is 9.84 Å². The molecule has 17 heavy (non-hydrogen) atoms. The van der Waals surface area contributed by atoms with Gasteiger partial charge < -0.3 is 9.84 Å². The summed E-state index contributed by atoms with van der Waals surface area (Å²) in [4.78, 5) is 0. The lowest BCUT2D eigenvalue weighted by Gasteiger charge is -2.08. The molecule has 0 atom stereocenters. The number of ether oxygens (including phenoxy) is 1. The van der Waals surface area contributed by atoms with Gasteiger partial charge >= 0.3 is 0 Å². The maximum Gasteiger partial charge on any atom is 0.123 e. The SMILES string of the molecule is Oc1cc(CCl)cc(OCc2ccccc2)c1. The zero-order valence-electron chi connectivity index (χ0n) is 9.27. The minimum Gasteiger partial charge on any atom is -0.508 e. The molecule has 0 aliphatic rings. The van der Waals surface area contributed by atoms with E-state index in [9.17, 15) is 5.11 Å². The Morgan fingerprint density at radius 2 is 1.76 bits per heavy atom. The molecule has 0 aliphatic carbocycles. The molecule has 2 aromatic rings. The first-order chi connectivity index (χ1) is 8.28. The van der Waals surface area contributed by atoms with E-state index in [2.05, 4.69) is 0 Å². The second kappa shape index (κ2) is 5.60. The fraction of sp³-hybridized carbons (Fsp3) is 0.143. The van der Waals surface area contributed by atoms with Gasteiger partial charge in [0, 0.05) is 11.9 Å². The number of alkyl halides is 1. The van der Waals surface area contributed by atoms with E-state index in [1.54, 1.807) is 12.1 Å². The first-order valence-corrected chi connectivity index (χ1v) is 5.87. The summed E-state index contributed by atoms with van der Waals surface area (Å²) in [6.07, 6.45) is 0. The highest BCUT2D eigenvalue weighted by atomic mass is 35.5. The van der Waals surface area contributed by atoms with E-state index < -0.39 is 0 Å². The molecule has 0 aliphatic heterocycles. The third-order valence-electron chi connectivity index (χ3n) is 2.35. The Kier molecular flexibility index (Phi) is 3.89. The number of hydrogen-bond donors (Lipinski definition) is 1. The van der Waals surface area contributed by atoms with Crippen molar-refractivity contribution in [3.63, 3.8) is 0 Å². The fourth-order valence-electron chi connectivity index (χ4n) is 1.54. The van der Waals surface area contributed by atoms with Crippen molar-refractivity contribution >= 4 is 11.6 Å². The summed E-state index contributed by atoms with van der Waals surface area (Å²) in [6, 6.07) is 14.9. The number of phenols is 1. The van der Waals surface area contributed by atoms with Crippen molar-refractivity contribution in [2.75, 3.05) is 0 Å². The first kappa shape index (κ1) is 11.8. The van der Waals surface area contributed by atoms with Gasteiger partial charge in [0.1, 0.15) is 18.1 Å². The van der Waals surface area contributed by atoms with Crippen molar-refractivity contribution in [2.45, 2.75) is 12.5 Å². The number of hydrogen-bond acceptors (Lipinski definition) is 2. The third kappa shape index (κ3) is 3.40. The summed E-state index contributed by atoms with van der Waals surface area (Å²) in [5, 5.41) is 9.48. The zero-order valence-corrected chi connectivity index (χ0v) is 10.0. The molecule has 0 bridgehead atoms. The number of phenolic OH excluding ortho intramolecular Hbond substituents is 1. The van der Waals surface area contributed by atoms with Gasteiger partial charge in [0.25, 0.3) is 0 Å². The van der Waals surface area contributed by atoms with Crippen LogP contribution >= 0.6 is 11.6 Å². The van der Waals surface area contributed by atoms with Gasteiger partial charge in [-0.15, -0.1) is 11.6 Å². The lowest BCUT2D eigenvalue weighted by molar-refractivity contribution is 0.304. The maximum atomic E-state index is 9.48. The van der Waals surface area contributed by atoms with Gasteiger partial charge in [0.2, 0.25) is 0 Å². The molecule has 88 valence electrons. The van der Waals surface area contributed by atoms with E-state index in [1.165, 1.54) is 0 Å². The summed E-state index contributed by atoms with van der Waals surface area (Å²) < 4.78 is 5.60. The Morgan fingerprint density at radius 3 is 2.47 bits per heavy atom. The van der Waals surface area contributed by atoms with Crippen LogP contribution in [0.5, 0.6) is 11.5 Å². The van der Waals surface area contributed by atoms with Gasteiger partial charge in [-0.1, -0.05) is 30.3 Å². The van der Waals surface area contributed by atoms with E-state index in [1.807, 2.05) is 36.4 Å². The van der Waals surface area contributed by atoms with Gasteiger partial charge in [-0.05, 0) is 23.3 Å². The molecule has 0 unspecified atom stereocenters. The Labute approximate surface area is 105 Å². The van der Waals surface area contributed by atoms with E-state index in [-0.39, 0.29) is 5.75 Å². The molecule has 0 spiro atoms. The van der Waals surface area contributed by atoms with Crippen LogP contribution in [0.3, 0.4) is 0 Å². The van der Waals surface area contributed by atoms with Crippen LogP contribution in [-0.4, -0.2) is 5.11 Å². The van der Waals surface area contributed by atoms with Crippen LogP contribution < -0.4 is 4.74 Å². The zero-order chi connectivity index (χ0) is 12.1. The van der Waals surface area contributed by atoms with Gasteiger partial charge in [0.05, 0.1) is 0 Å². The average Bonchev–Trinajstić information content (AvgIpc) is 2.37. The van der Waals surface area contributed by atoms with Crippen LogP contribution in [0.25, 0.3) is 0 Å². The highest BCUT2D eigenvalue weighted by molar-refractivity contribution is 6.17. The molecule has 3 heteroatoms. The highest BCUT2D eigenvalue weighted by Crippen LogP contribution is 2.23. The average molecular weight is 249 g/mol. The molecule has 2 nitrogen and oxygen atoms in total. The highest BCUT2D eigenvalue weighted by Gasteiger charge is 2.01. The smallest absolute Gasteiger partial charge is 0.123 e.